The van der Waals surface area contributed by atoms with Gasteiger partial charge in [-0.1, -0.05) is 13.3 Å². The number of furan rings is 1. The number of aliphatic hydroxyl groups excluding tert-OH is 1. The van der Waals surface area contributed by atoms with Gasteiger partial charge in [-0.25, -0.2) is 13.1 Å². The van der Waals surface area contributed by atoms with Gasteiger partial charge in [-0.05, 0) is 37.3 Å². The van der Waals surface area contributed by atoms with Crippen LogP contribution in [0.15, 0.2) is 21.6 Å². The lowest BCUT2D eigenvalue weighted by molar-refractivity contribution is 0.254. The monoisotopic (exact) mass is 316 g/mol. The zero-order valence-corrected chi connectivity index (χ0v) is 13.2. The molecule has 2 rings (SSSR count). The van der Waals surface area contributed by atoms with E-state index in [0.717, 1.165) is 6.42 Å². The minimum Gasteiger partial charge on any atom is -0.447 e. The lowest BCUT2D eigenvalue weighted by Gasteiger charge is -2.13. The minimum atomic E-state index is -3.61. The number of nitrogens with one attached hydrogen (secondary N) is 2. The summed E-state index contributed by atoms with van der Waals surface area (Å²) in [6.45, 7) is 2.92. The van der Waals surface area contributed by atoms with E-state index in [1.165, 1.54) is 18.9 Å². The third-order valence-electron chi connectivity index (χ3n) is 3.72. The third kappa shape index (κ3) is 5.10. The van der Waals surface area contributed by atoms with Crippen molar-refractivity contribution in [2.24, 2.45) is 5.92 Å². The highest BCUT2D eigenvalue weighted by molar-refractivity contribution is 7.89. The van der Waals surface area contributed by atoms with Crippen LogP contribution in [-0.4, -0.2) is 32.7 Å². The SMILES string of the molecule is CCC(CCO)CNS(=O)(=O)c1ccc(CNC2CC2)o1. The van der Waals surface area contributed by atoms with Crippen LogP contribution in [0.2, 0.25) is 0 Å². The van der Waals surface area contributed by atoms with Crippen molar-refractivity contribution in [3.8, 4) is 0 Å². The summed E-state index contributed by atoms with van der Waals surface area (Å²) in [4.78, 5) is 0. The Kier molecular flexibility index (Phi) is 5.80. The summed E-state index contributed by atoms with van der Waals surface area (Å²) in [5.41, 5.74) is 0. The zero-order chi connectivity index (χ0) is 15.3. The van der Waals surface area contributed by atoms with Crippen LogP contribution in [-0.2, 0) is 16.6 Å². The lowest BCUT2D eigenvalue weighted by Crippen LogP contribution is -2.29. The molecule has 1 atom stereocenters. The molecule has 1 aromatic rings. The fourth-order valence-electron chi connectivity index (χ4n) is 2.06. The molecule has 3 N–H and O–H groups in total. The van der Waals surface area contributed by atoms with Gasteiger partial charge in [0.2, 0.25) is 5.09 Å². The normalized spacial score (nSPS) is 17.0. The maximum Gasteiger partial charge on any atom is 0.273 e. The Morgan fingerprint density at radius 3 is 2.81 bits per heavy atom. The van der Waals surface area contributed by atoms with E-state index in [9.17, 15) is 8.42 Å². The molecule has 1 saturated carbocycles. The summed E-state index contributed by atoms with van der Waals surface area (Å²) in [7, 11) is -3.61. The van der Waals surface area contributed by atoms with Crippen LogP contribution >= 0.6 is 0 Å². The van der Waals surface area contributed by atoms with Gasteiger partial charge >= 0.3 is 0 Å². The Bertz CT molecular complexity index is 537. The summed E-state index contributed by atoms with van der Waals surface area (Å²) in [6.07, 6.45) is 3.76. The molecule has 1 aromatic heterocycles. The predicted octanol–water partition coefficient (Wildman–Crippen LogP) is 1.22. The van der Waals surface area contributed by atoms with Crippen molar-refractivity contribution in [1.82, 2.24) is 10.0 Å². The zero-order valence-electron chi connectivity index (χ0n) is 12.3. The Morgan fingerprint density at radius 2 is 2.19 bits per heavy atom. The van der Waals surface area contributed by atoms with Crippen molar-refractivity contribution in [3.63, 3.8) is 0 Å². The Hall–Kier alpha value is -0.890. The number of aliphatic hydroxyl groups is 1. The highest BCUT2D eigenvalue weighted by atomic mass is 32.2. The van der Waals surface area contributed by atoms with Gasteiger partial charge in [0.05, 0.1) is 6.54 Å². The highest BCUT2D eigenvalue weighted by Gasteiger charge is 2.22. The predicted molar refractivity (Wildman–Crippen MR) is 79.2 cm³/mol. The maximum atomic E-state index is 12.1. The molecule has 21 heavy (non-hydrogen) atoms. The fraction of sp³-hybridized carbons (Fsp3) is 0.714. The van der Waals surface area contributed by atoms with E-state index in [2.05, 4.69) is 10.0 Å². The Morgan fingerprint density at radius 1 is 1.43 bits per heavy atom. The van der Waals surface area contributed by atoms with Gasteiger partial charge in [0.15, 0.2) is 0 Å². The second-order valence-corrected chi connectivity index (χ2v) is 7.21. The first-order valence-electron chi connectivity index (χ1n) is 7.47. The Balaban J connectivity index is 1.88. The van der Waals surface area contributed by atoms with Gasteiger partial charge in [-0.2, -0.15) is 0 Å². The average molecular weight is 316 g/mol. The molecule has 6 nitrogen and oxygen atoms in total. The number of hydrogen-bond donors (Lipinski definition) is 3. The molecule has 7 heteroatoms. The minimum absolute atomic E-state index is 0.0473. The summed E-state index contributed by atoms with van der Waals surface area (Å²) in [6, 6.07) is 3.73. The van der Waals surface area contributed by atoms with Crippen molar-refractivity contribution in [2.45, 2.75) is 50.3 Å². The second kappa shape index (κ2) is 7.40. The summed E-state index contributed by atoms with van der Waals surface area (Å²) < 4.78 is 32.2. The smallest absolute Gasteiger partial charge is 0.273 e. The Labute approximate surface area is 126 Å². The molecule has 1 aliphatic rings. The standard InChI is InChI=1S/C14H24N2O4S/c1-2-11(7-8-17)9-16-21(18,19)14-6-5-13(20-14)10-15-12-3-4-12/h5-6,11-12,15-17H,2-4,7-10H2,1H3. The summed E-state index contributed by atoms with van der Waals surface area (Å²) in [5.74, 6) is 0.764. The van der Waals surface area contributed by atoms with Crippen LogP contribution < -0.4 is 10.0 Å². The molecule has 0 aliphatic heterocycles. The van der Waals surface area contributed by atoms with E-state index in [4.69, 9.17) is 9.52 Å². The number of hydrogen-bond acceptors (Lipinski definition) is 5. The molecule has 1 aliphatic carbocycles. The van der Waals surface area contributed by atoms with E-state index >= 15 is 0 Å². The van der Waals surface area contributed by atoms with Crippen LogP contribution in [0.1, 0.15) is 38.4 Å². The fourth-order valence-corrected chi connectivity index (χ4v) is 3.12. The first-order chi connectivity index (χ1) is 10.0. The molecule has 0 saturated heterocycles. The average Bonchev–Trinajstić information content (AvgIpc) is 3.17. The van der Waals surface area contributed by atoms with Crippen molar-refractivity contribution in [2.75, 3.05) is 13.2 Å². The second-order valence-electron chi connectivity index (χ2n) is 5.51. The van der Waals surface area contributed by atoms with Crippen LogP contribution in [0.5, 0.6) is 0 Å². The molecule has 1 unspecified atom stereocenters. The van der Waals surface area contributed by atoms with E-state index < -0.39 is 10.0 Å². The van der Waals surface area contributed by atoms with Gasteiger partial charge in [0.1, 0.15) is 5.76 Å². The summed E-state index contributed by atoms with van der Waals surface area (Å²) >= 11 is 0. The van der Waals surface area contributed by atoms with Crippen molar-refractivity contribution < 1.29 is 17.9 Å². The highest BCUT2D eigenvalue weighted by Crippen LogP contribution is 2.20. The number of sulfonamides is 1. The van der Waals surface area contributed by atoms with Gasteiger partial charge in [-0.3, -0.25) is 0 Å². The van der Waals surface area contributed by atoms with Crippen LogP contribution in [0.3, 0.4) is 0 Å². The van der Waals surface area contributed by atoms with Crippen LogP contribution in [0, 0.1) is 5.92 Å². The lowest BCUT2D eigenvalue weighted by atomic mass is 10.0. The molecule has 0 amide bonds. The largest absolute Gasteiger partial charge is 0.447 e. The van der Waals surface area contributed by atoms with E-state index in [0.29, 0.717) is 31.3 Å². The van der Waals surface area contributed by atoms with E-state index in [1.807, 2.05) is 6.92 Å². The number of rotatable bonds is 10. The molecule has 1 heterocycles. The molecule has 0 spiro atoms. The van der Waals surface area contributed by atoms with Gasteiger partial charge in [0.25, 0.3) is 10.0 Å². The molecule has 120 valence electrons. The molecule has 0 bridgehead atoms. The molecular formula is C14H24N2O4S. The summed E-state index contributed by atoms with van der Waals surface area (Å²) in [5, 5.41) is 12.2. The molecule has 0 radical (unpaired) electrons. The van der Waals surface area contributed by atoms with Crippen molar-refractivity contribution >= 4 is 10.0 Å². The topological polar surface area (TPSA) is 91.6 Å². The first-order valence-corrected chi connectivity index (χ1v) is 8.96. The maximum absolute atomic E-state index is 12.1. The van der Waals surface area contributed by atoms with Crippen LogP contribution in [0.25, 0.3) is 0 Å². The van der Waals surface area contributed by atoms with E-state index in [-0.39, 0.29) is 17.6 Å². The molecular weight excluding hydrogens is 292 g/mol. The van der Waals surface area contributed by atoms with Crippen molar-refractivity contribution in [1.29, 1.82) is 0 Å². The van der Waals surface area contributed by atoms with Gasteiger partial charge in [0, 0.05) is 19.2 Å². The third-order valence-corrected chi connectivity index (χ3v) is 5.02. The van der Waals surface area contributed by atoms with Gasteiger partial charge in [-0.15, -0.1) is 0 Å². The van der Waals surface area contributed by atoms with Crippen LogP contribution in [0.4, 0.5) is 0 Å². The van der Waals surface area contributed by atoms with Gasteiger partial charge < -0.3 is 14.8 Å². The first kappa shape index (κ1) is 16.5. The quantitative estimate of drug-likeness (QED) is 0.604. The van der Waals surface area contributed by atoms with E-state index in [1.54, 1.807) is 6.07 Å². The molecule has 1 fully saturated rings. The molecule has 0 aromatic carbocycles. The van der Waals surface area contributed by atoms with Crippen molar-refractivity contribution in [3.05, 3.63) is 17.9 Å².